The van der Waals surface area contributed by atoms with Gasteiger partial charge in [0.15, 0.2) is 0 Å². The van der Waals surface area contributed by atoms with Crippen LogP contribution in [0.1, 0.15) is 35.1 Å². The molecule has 0 atom stereocenters. The highest BCUT2D eigenvalue weighted by Crippen LogP contribution is 2.31. The largest absolute Gasteiger partial charge is 0.438 e. The van der Waals surface area contributed by atoms with Gasteiger partial charge in [-0.2, -0.15) is 19.6 Å². The van der Waals surface area contributed by atoms with E-state index in [0.29, 0.717) is 11.7 Å². The smallest absolute Gasteiger partial charge is 0.257 e. The molecule has 1 fully saturated rings. The first-order valence-electron chi connectivity index (χ1n) is 11.6. The predicted molar refractivity (Wildman–Crippen MR) is 130 cm³/mol. The highest BCUT2D eigenvalue weighted by molar-refractivity contribution is 5.50. The molecule has 7 nitrogen and oxygen atoms in total. The Balaban J connectivity index is 1.29. The summed E-state index contributed by atoms with van der Waals surface area (Å²) >= 11 is 0. The van der Waals surface area contributed by atoms with Crippen molar-refractivity contribution in [1.29, 1.82) is 0 Å². The normalized spacial score (nSPS) is 15.1. The summed E-state index contributed by atoms with van der Waals surface area (Å²) in [6.07, 6.45) is 3.43. The number of rotatable bonds is 6. The van der Waals surface area contributed by atoms with Crippen LogP contribution in [0.4, 0.5) is 10.2 Å². The third kappa shape index (κ3) is 4.87. The lowest BCUT2D eigenvalue weighted by molar-refractivity contribution is 0.211. The van der Waals surface area contributed by atoms with Crippen LogP contribution < -0.4 is 10.1 Å². The number of aryl methyl sites for hydroxylation is 3. The van der Waals surface area contributed by atoms with Gasteiger partial charge in [0.2, 0.25) is 5.88 Å². The number of aromatic nitrogens is 4. The summed E-state index contributed by atoms with van der Waals surface area (Å²) in [5.74, 6) is 2.43. The quantitative estimate of drug-likeness (QED) is 0.434. The van der Waals surface area contributed by atoms with Crippen LogP contribution in [0.25, 0.3) is 5.78 Å². The average Bonchev–Trinajstić information content (AvgIpc) is 3.26. The third-order valence-electron chi connectivity index (χ3n) is 6.27. The molecular formula is C26H29FN6O. The molecule has 0 unspecified atom stereocenters. The zero-order valence-electron chi connectivity index (χ0n) is 19.8. The van der Waals surface area contributed by atoms with E-state index in [-0.39, 0.29) is 11.9 Å². The summed E-state index contributed by atoms with van der Waals surface area (Å²) < 4.78 is 21.4. The maximum atomic E-state index is 13.5. The van der Waals surface area contributed by atoms with Crippen LogP contribution >= 0.6 is 0 Å². The number of piperidine rings is 1. The summed E-state index contributed by atoms with van der Waals surface area (Å²) in [6.45, 7) is 8.82. The van der Waals surface area contributed by atoms with Crippen molar-refractivity contribution in [2.24, 2.45) is 0 Å². The van der Waals surface area contributed by atoms with Gasteiger partial charge >= 0.3 is 0 Å². The van der Waals surface area contributed by atoms with Crippen molar-refractivity contribution in [3.63, 3.8) is 0 Å². The standard InChI is InChI=1S/C26H29FN6O/c1-17-11-18(2)25(19(3)12-17)34-24-14-23(31-26-28-16-29-33(24)26)30-22-7-9-32(10-8-22)15-20-5-4-6-21(27)13-20/h4-6,11-14,16,22H,7-10,15H2,1-3H3,(H,28,29,30,31). The van der Waals surface area contributed by atoms with Gasteiger partial charge in [-0.25, -0.2) is 4.39 Å². The molecular weight excluding hydrogens is 431 g/mol. The molecule has 2 aromatic carbocycles. The second kappa shape index (κ2) is 9.38. The number of ether oxygens (including phenoxy) is 1. The molecule has 3 heterocycles. The number of nitrogens with zero attached hydrogens (tertiary/aromatic N) is 5. The van der Waals surface area contributed by atoms with Gasteiger partial charge in [-0.15, -0.1) is 0 Å². The highest BCUT2D eigenvalue weighted by Gasteiger charge is 2.21. The number of benzene rings is 2. The SMILES string of the molecule is Cc1cc(C)c(Oc2cc(NC3CCN(Cc4cccc(F)c4)CC3)nc3ncnn23)c(C)c1. The van der Waals surface area contributed by atoms with E-state index in [1.54, 1.807) is 16.6 Å². The zero-order valence-corrected chi connectivity index (χ0v) is 19.8. The van der Waals surface area contributed by atoms with E-state index in [1.807, 2.05) is 26.0 Å². The molecule has 1 aliphatic rings. The third-order valence-corrected chi connectivity index (χ3v) is 6.27. The number of hydrogen-bond acceptors (Lipinski definition) is 6. The second-order valence-corrected chi connectivity index (χ2v) is 9.11. The van der Waals surface area contributed by atoms with Gasteiger partial charge in [-0.3, -0.25) is 4.90 Å². The molecule has 1 saturated heterocycles. The number of halogens is 1. The van der Waals surface area contributed by atoms with Crippen LogP contribution in [0, 0.1) is 26.6 Å². The lowest BCUT2D eigenvalue weighted by Gasteiger charge is -2.32. The Labute approximate surface area is 198 Å². The molecule has 1 N–H and O–H groups in total. The van der Waals surface area contributed by atoms with E-state index >= 15 is 0 Å². The monoisotopic (exact) mass is 460 g/mol. The Morgan fingerprint density at radius 1 is 1.06 bits per heavy atom. The van der Waals surface area contributed by atoms with Crippen molar-refractivity contribution in [3.8, 4) is 11.6 Å². The molecule has 5 rings (SSSR count). The van der Waals surface area contributed by atoms with Crippen molar-refractivity contribution in [2.45, 2.75) is 46.2 Å². The molecule has 0 aliphatic carbocycles. The fourth-order valence-electron chi connectivity index (χ4n) is 4.70. The topological polar surface area (TPSA) is 67.6 Å². The number of likely N-dealkylation sites (tertiary alicyclic amines) is 1. The number of anilines is 1. The van der Waals surface area contributed by atoms with E-state index in [0.717, 1.165) is 60.7 Å². The molecule has 176 valence electrons. The van der Waals surface area contributed by atoms with Gasteiger partial charge in [0.25, 0.3) is 5.78 Å². The molecule has 0 bridgehead atoms. The molecule has 0 saturated carbocycles. The molecule has 1 aliphatic heterocycles. The van der Waals surface area contributed by atoms with E-state index in [1.165, 1.54) is 18.0 Å². The Morgan fingerprint density at radius 2 is 1.82 bits per heavy atom. The Bertz CT molecular complexity index is 1290. The molecule has 0 amide bonds. The lowest BCUT2D eigenvalue weighted by Crippen LogP contribution is -2.38. The van der Waals surface area contributed by atoms with Crippen LogP contribution in [-0.2, 0) is 6.54 Å². The number of hydrogen-bond donors (Lipinski definition) is 1. The minimum absolute atomic E-state index is 0.182. The van der Waals surface area contributed by atoms with E-state index in [4.69, 9.17) is 4.74 Å². The van der Waals surface area contributed by atoms with Crippen molar-refractivity contribution in [3.05, 3.63) is 76.9 Å². The summed E-state index contributed by atoms with van der Waals surface area (Å²) in [6, 6.07) is 13.2. The maximum absolute atomic E-state index is 13.5. The van der Waals surface area contributed by atoms with Crippen molar-refractivity contribution >= 4 is 11.6 Å². The van der Waals surface area contributed by atoms with Crippen molar-refractivity contribution < 1.29 is 9.13 Å². The van der Waals surface area contributed by atoms with Crippen LogP contribution in [0.2, 0.25) is 0 Å². The summed E-state index contributed by atoms with van der Waals surface area (Å²) in [4.78, 5) is 11.3. The first-order valence-corrected chi connectivity index (χ1v) is 11.6. The van der Waals surface area contributed by atoms with E-state index in [2.05, 4.69) is 44.3 Å². The summed E-state index contributed by atoms with van der Waals surface area (Å²) in [7, 11) is 0. The number of fused-ring (bicyclic) bond motifs is 1. The minimum Gasteiger partial charge on any atom is -0.438 e. The molecule has 8 heteroatoms. The van der Waals surface area contributed by atoms with Gasteiger partial charge in [0.05, 0.1) is 0 Å². The van der Waals surface area contributed by atoms with Gasteiger partial charge in [-0.1, -0.05) is 29.8 Å². The minimum atomic E-state index is -0.182. The van der Waals surface area contributed by atoms with E-state index < -0.39 is 0 Å². The van der Waals surface area contributed by atoms with Gasteiger partial charge in [0, 0.05) is 31.7 Å². The lowest BCUT2D eigenvalue weighted by atomic mass is 10.0. The first kappa shape index (κ1) is 22.3. The zero-order chi connectivity index (χ0) is 23.7. The number of nitrogens with one attached hydrogen (secondary N) is 1. The first-order chi connectivity index (χ1) is 16.4. The fraction of sp³-hybridized carbons (Fsp3) is 0.346. The second-order valence-electron chi connectivity index (χ2n) is 9.11. The Kier molecular flexibility index (Phi) is 6.15. The predicted octanol–water partition coefficient (Wildman–Crippen LogP) is 5.06. The van der Waals surface area contributed by atoms with Crippen LogP contribution in [0.5, 0.6) is 11.6 Å². The summed E-state index contributed by atoms with van der Waals surface area (Å²) in [5, 5.41) is 7.85. The molecule has 4 aromatic rings. The molecule has 0 radical (unpaired) electrons. The van der Waals surface area contributed by atoms with Crippen molar-refractivity contribution in [2.75, 3.05) is 18.4 Å². The van der Waals surface area contributed by atoms with Gasteiger partial charge in [-0.05, 0) is 62.4 Å². The van der Waals surface area contributed by atoms with Gasteiger partial charge < -0.3 is 10.1 Å². The Morgan fingerprint density at radius 3 is 2.56 bits per heavy atom. The molecule has 34 heavy (non-hydrogen) atoms. The van der Waals surface area contributed by atoms with E-state index in [9.17, 15) is 4.39 Å². The van der Waals surface area contributed by atoms with Crippen LogP contribution in [0.15, 0.2) is 48.8 Å². The van der Waals surface area contributed by atoms with Crippen molar-refractivity contribution in [1.82, 2.24) is 24.5 Å². The molecule has 0 spiro atoms. The average molecular weight is 461 g/mol. The molecule has 2 aromatic heterocycles. The highest BCUT2D eigenvalue weighted by atomic mass is 19.1. The summed E-state index contributed by atoms with van der Waals surface area (Å²) in [5.41, 5.74) is 4.36. The Hall–Kier alpha value is -3.52. The fourth-order valence-corrected chi connectivity index (χ4v) is 4.70. The van der Waals surface area contributed by atoms with Crippen LogP contribution in [0.3, 0.4) is 0 Å². The van der Waals surface area contributed by atoms with Crippen LogP contribution in [-0.4, -0.2) is 43.6 Å². The maximum Gasteiger partial charge on any atom is 0.257 e. The van der Waals surface area contributed by atoms with Gasteiger partial charge in [0.1, 0.15) is 23.7 Å².